The lowest BCUT2D eigenvalue weighted by Crippen LogP contribution is -2.30. The number of hydrogen-bond acceptors (Lipinski definition) is 2. The van der Waals surface area contributed by atoms with Crippen LogP contribution < -0.4 is 5.73 Å². The van der Waals surface area contributed by atoms with Gasteiger partial charge in [0.1, 0.15) is 0 Å². The summed E-state index contributed by atoms with van der Waals surface area (Å²) in [7, 11) is 0. The van der Waals surface area contributed by atoms with Gasteiger partial charge in [0.25, 0.3) is 0 Å². The van der Waals surface area contributed by atoms with E-state index in [1.165, 1.54) is 27.9 Å². The molecule has 0 aromatic carbocycles. The largest absolute Gasteiger partial charge is 0.327 e. The topological polar surface area (TPSA) is 26.0 Å². The summed E-state index contributed by atoms with van der Waals surface area (Å²) in [5.74, 6) is 1.64. The van der Waals surface area contributed by atoms with E-state index in [2.05, 4.69) is 35.0 Å². The number of nitrogens with two attached hydrogens (primary N) is 1. The van der Waals surface area contributed by atoms with Crippen molar-refractivity contribution >= 4 is 27.3 Å². The number of halogens is 1. The second-order valence-corrected chi connectivity index (χ2v) is 7.30. The van der Waals surface area contributed by atoms with Crippen molar-refractivity contribution in [1.82, 2.24) is 0 Å². The second kappa shape index (κ2) is 4.98. The van der Waals surface area contributed by atoms with Crippen LogP contribution >= 0.6 is 27.3 Å². The number of thiophene rings is 1. The standard InChI is InChI=1S/C12H18BrNS/c1-8-2-3-9(6-8)11(14)7-10-4-5-12(13)15-10/h4-5,8-9,11H,2-3,6-7,14H2,1H3. The molecule has 1 fully saturated rings. The zero-order valence-electron chi connectivity index (χ0n) is 9.08. The molecule has 0 amide bonds. The van der Waals surface area contributed by atoms with Gasteiger partial charge < -0.3 is 5.73 Å². The van der Waals surface area contributed by atoms with Crippen LogP contribution in [0, 0.1) is 11.8 Å². The molecule has 1 nitrogen and oxygen atoms in total. The predicted molar refractivity (Wildman–Crippen MR) is 70.2 cm³/mol. The molecule has 2 N–H and O–H groups in total. The molecule has 1 aromatic heterocycles. The third-order valence-corrected chi connectivity index (χ3v) is 5.05. The normalized spacial score (nSPS) is 28.2. The van der Waals surface area contributed by atoms with E-state index in [0.29, 0.717) is 6.04 Å². The molecule has 0 radical (unpaired) electrons. The molecule has 3 atom stereocenters. The number of hydrogen-bond donors (Lipinski definition) is 1. The highest BCUT2D eigenvalue weighted by Crippen LogP contribution is 2.33. The Kier molecular flexibility index (Phi) is 3.86. The molecule has 0 spiro atoms. The fraction of sp³-hybridized carbons (Fsp3) is 0.667. The Balaban J connectivity index is 1.89. The number of rotatable bonds is 3. The van der Waals surface area contributed by atoms with E-state index < -0.39 is 0 Å². The highest BCUT2D eigenvalue weighted by atomic mass is 79.9. The minimum absolute atomic E-state index is 0.362. The second-order valence-electron chi connectivity index (χ2n) is 4.75. The van der Waals surface area contributed by atoms with E-state index in [9.17, 15) is 0 Å². The lowest BCUT2D eigenvalue weighted by atomic mass is 9.95. The van der Waals surface area contributed by atoms with Gasteiger partial charge in [0.05, 0.1) is 3.79 Å². The van der Waals surface area contributed by atoms with Crippen LogP contribution in [0.25, 0.3) is 0 Å². The molecular formula is C12H18BrNS. The fourth-order valence-corrected chi connectivity index (χ4v) is 4.05. The highest BCUT2D eigenvalue weighted by Gasteiger charge is 2.26. The maximum absolute atomic E-state index is 6.27. The van der Waals surface area contributed by atoms with Crippen LogP contribution in [0.1, 0.15) is 31.1 Å². The predicted octanol–water partition coefficient (Wildman–Crippen LogP) is 3.82. The van der Waals surface area contributed by atoms with E-state index in [-0.39, 0.29) is 0 Å². The van der Waals surface area contributed by atoms with Crippen LogP contribution in [-0.2, 0) is 6.42 Å². The minimum atomic E-state index is 0.362. The molecule has 0 bridgehead atoms. The summed E-state index contributed by atoms with van der Waals surface area (Å²) >= 11 is 5.31. The van der Waals surface area contributed by atoms with E-state index in [1.54, 1.807) is 0 Å². The van der Waals surface area contributed by atoms with Gasteiger partial charge >= 0.3 is 0 Å². The van der Waals surface area contributed by atoms with Crippen molar-refractivity contribution in [1.29, 1.82) is 0 Å². The Labute approximate surface area is 104 Å². The van der Waals surface area contributed by atoms with Crippen LogP contribution in [0.3, 0.4) is 0 Å². The molecule has 1 heterocycles. The van der Waals surface area contributed by atoms with Gasteiger partial charge in [0.15, 0.2) is 0 Å². The first-order valence-corrected chi connectivity index (χ1v) is 7.26. The van der Waals surface area contributed by atoms with Gasteiger partial charge in [-0.2, -0.15) is 0 Å². The summed E-state index contributed by atoms with van der Waals surface area (Å²) in [6.07, 6.45) is 5.07. The summed E-state index contributed by atoms with van der Waals surface area (Å²) in [5, 5.41) is 0. The fourth-order valence-electron chi connectivity index (χ4n) is 2.50. The van der Waals surface area contributed by atoms with Crippen LogP contribution in [0.5, 0.6) is 0 Å². The van der Waals surface area contributed by atoms with Crippen molar-refractivity contribution in [2.75, 3.05) is 0 Å². The molecule has 1 aliphatic carbocycles. The molecule has 1 saturated carbocycles. The average molecular weight is 288 g/mol. The van der Waals surface area contributed by atoms with Crippen molar-refractivity contribution in [3.05, 3.63) is 20.8 Å². The van der Waals surface area contributed by atoms with Gasteiger partial charge in [-0.05, 0) is 59.2 Å². The van der Waals surface area contributed by atoms with Crippen LogP contribution in [-0.4, -0.2) is 6.04 Å². The van der Waals surface area contributed by atoms with Crippen molar-refractivity contribution in [2.45, 2.75) is 38.6 Å². The van der Waals surface area contributed by atoms with Gasteiger partial charge in [-0.3, -0.25) is 0 Å². The Morgan fingerprint density at radius 1 is 1.53 bits per heavy atom. The lowest BCUT2D eigenvalue weighted by Gasteiger charge is -2.18. The van der Waals surface area contributed by atoms with Gasteiger partial charge in [-0.1, -0.05) is 13.3 Å². The van der Waals surface area contributed by atoms with Crippen molar-refractivity contribution < 1.29 is 0 Å². The maximum atomic E-state index is 6.27. The summed E-state index contributed by atoms with van der Waals surface area (Å²) in [6, 6.07) is 4.66. The zero-order valence-corrected chi connectivity index (χ0v) is 11.5. The first kappa shape index (κ1) is 11.6. The van der Waals surface area contributed by atoms with Gasteiger partial charge in [0.2, 0.25) is 0 Å². The van der Waals surface area contributed by atoms with E-state index in [4.69, 9.17) is 5.73 Å². The Bertz CT molecular complexity index is 323. The molecule has 2 rings (SSSR count). The first-order chi connectivity index (χ1) is 7.15. The van der Waals surface area contributed by atoms with Crippen molar-refractivity contribution in [3.63, 3.8) is 0 Å². The SMILES string of the molecule is CC1CCC(C(N)Cc2ccc(Br)s2)C1. The summed E-state index contributed by atoms with van der Waals surface area (Å²) in [6.45, 7) is 2.34. The molecule has 3 heteroatoms. The third kappa shape index (κ3) is 3.05. The van der Waals surface area contributed by atoms with Crippen LogP contribution in [0.15, 0.2) is 15.9 Å². The Morgan fingerprint density at radius 2 is 2.33 bits per heavy atom. The molecule has 3 unspecified atom stereocenters. The molecular weight excluding hydrogens is 270 g/mol. The quantitative estimate of drug-likeness (QED) is 0.899. The molecule has 0 saturated heterocycles. The maximum Gasteiger partial charge on any atom is 0.0701 e. The summed E-state index contributed by atoms with van der Waals surface area (Å²) in [4.78, 5) is 1.41. The zero-order chi connectivity index (χ0) is 10.8. The van der Waals surface area contributed by atoms with E-state index >= 15 is 0 Å². The van der Waals surface area contributed by atoms with Crippen LogP contribution in [0.2, 0.25) is 0 Å². The molecule has 1 aromatic rings. The van der Waals surface area contributed by atoms with Gasteiger partial charge in [-0.15, -0.1) is 11.3 Å². The average Bonchev–Trinajstić information content (AvgIpc) is 2.75. The van der Waals surface area contributed by atoms with Crippen molar-refractivity contribution in [3.8, 4) is 0 Å². The Hall–Kier alpha value is 0.140. The summed E-state index contributed by atoms with van der Waals surface area (Å²) < 4.78 is 1.21. The molecule has 15 heavy (non-hydrogen) atoms. The first-order valence-electron chi connectivity index (χ1n) is 5.65. The van der Waals surface area contributed by atoms with E-state index in [1.807, 2.05) is 11.3 Å². The third-order valence-electron chi connectivity index (χ3n) is 3.41. The van der Waals surface area contributed by atoms with Crippen LogP contribution in [0.4, 0.5) is 0 Å². The van der Waals surface area contributed by atoms with Gasteiger partial charge in [0, 0.05) is 10.9 Å². The highest BCUT2D eigenvalue weighted by molar-refractivity contribution is 9.11. The molecule has 1 aliphatic rings. The van der Waals surface area contributed by atoms with Gasteiger partial charge in [-0.25, -0.2) is 0 Å². The summed E-state index contributed by atoms with van der Waals surface area (Å²) in [5.41, 5.74) is 6.27. The Morgan fingerprint density at radius 3 is 2.87 bits per heavy atom. The van der Waals surface area contributed by atoms with Crippen molar-refractivity contribution in [2.24, 2.45) is 17.6 Å². The van der Waals surface area contributed by atoms with E-state index in [0.717, 1.165) is 18.3 Å². The smallest absolute Gasteiger partial charge is 0.0701 e. The minimum Gasteiger partial charge on any atom is -0.327 e. The lowest BCUT2D eigenvalue weighted by molar-refractivity contribution is 0.417. The molecule has 0 aliphatic heterocycles. The monoisotopic (exact) mass is 287 g/mol. The molecule has 84 valence electrons.